The molecule has 1 aromatic heterocycles. The van der Waals surface area contributed by atoms with Crippen molar-refractivity contribution in [3.05, 3.63) is 71.3 Å². The van der Waals surface area contributed by atoms with E-state index < -0.39 is 0 Å². The van der Waals surface area contributed by atoms with Crippen LogP contribution in [0.5, 0.6) is 5.75 Å². The second kappa shape index (κ2) is 7.61. The van der Waals surface area contributed by atoms with Gasteiger partial charge >= 0.3 is 0 Å². The number of methoxy groups -OCH3 is 1. The van der Waals surface area contributed by atoms with E-state index in [1.54, 1.807) is 19.2 Å². The van der Waals surface area contributed by atoms with E-state index in [-0.39, 0.29) is 12.3 Å². The number of nitrogens with one attached hydrogen (secondary N) is 2. The smallest absolute Gasteiger partial charge is 0.232 e. The van der Waals surface area contributed by atoms with Crippen molar-refractivity contribution in [1.29, 1.82) is 0 Å². The van der Waals surface area contributed by atoms with Crippen LogP contribution in [-0.4, -0.2) is 28.2 Å². The largest absolute Gasteiger partial charge is 0.495 e. The highest BCUT2D eigenvalue weighted by molar-refractivity contribution is 5.93. The summed E-state index contributed by atoms with van der Waals surface area (Å²) in [6.45, 7) is 2.05. The lowest BCUT2D eigenvalue weighted by Gasteiger charge is -2.08. The molecule has 0 saturated heterocycles. The van der Waals surface area contributed by atoms with Crippen molar-refractivity contribution >= 4 is 11.6 Å². The normalized spacial score (nSPS) is 10.5. The SMILES string of the molecule is COc1ccccc1NC(=O)Cc1n[nH]c(Cc2ccc(C)cc2)n1. The molecule has 1 heterocycles. The van der Waals surface area contributed by atoms with Crippen LogP contribution in [0, 0.1) is 6.92 Å². The van der Waals surface area contributed by atoms with Crippen molar-refractivity contribution in [3.8, 4) is 5.75 Å². The van der Waals surface area contributed by atoms with Gasteiger partial charge in [-0.15, -0.1) is 0 Å². The third kappa shape index (κ3) is 4.44. The van der Waals surface area contributed by atoms with Crippen LogP contribution in [0.15, 0.2) is 48.5 Å². The van der Waals surface area contributed by atoms with Gasteiger partial charge in [0.15, 0.2) is 5.82 Å². The molecular weight excluding hydrogens is 316 g/mol. The summed E-state index contributed by atoms with van der Waals surface area (Å²) >= 11 is 0. The fourth-order valence-corrected chi connectivity index (χ4v) is 2.48. The molecule has 3 aromatic rings. The Morgan fingerprint density at radius 1 is 1.16 bits per heavy atom. The molecule has 0 spiro atoms. The quantitative estimate of drug-likeness (QED) is 0.725. The van der Waals surface area contributed by atoms with Gasteiger partial charge in [-0.3, -0.25) is 9.89 Å². The molecule has 3 rings (SSSR count). The Kier molecular flexibility index (Phi) is 5.09. The number of rotatable bonds is 6. The van der Waals surface area contributed by atoms with Crippen LogP contribution >= 0.6 is 0 Å². The molecule has 0 bridgehead atoms. The van der Waals surface area contributed by atoms with Gasteiger partial charge in [0.05, 0.1) is 19.2 Å². The monoisotopic (exact) mass is 336 g/mol. The molecule has 0 aliphatic rings. The Balaban J connectivity index is 1.61. The third-order valence-corrected chi connectivity index (χ3v) is 3.77. The summed E-state index contributed by atoms with van der Waals surface area (Å²) in [5, 5.41) is 9.84. The lowest BCUT2D eigenvalue weighted by molar-refractivity contribution is -0.115. The molecule has 0 unspecified atom stereocenters. The number of para-hydroxylation sites is 2. The molecule has 6 nitrogen and oxygen atoms in total. The lowest BCUT2D eigenvalue weighted by atomic mass is 10.1. The van der Waals surface area contributed by atoms with Gasteiger partial charge < -0.3 is 10.1 Å². The van der Waals surface area contributed by atoms with E-state index in [1.807, 2.05) is 12.1 Å². The van der Waals surface area contributed by atoms with Crippen LogP contribution in [0.2, 0.25) is 0 Å². The van der Waals surface area contributed by atoms with Crippen LogP contribution in [0.1, 0.15) is 22.8 Å². The highest BCUT2D eigenvalue weighted by Gasteiger charge is 2.11. The fourth-order valence-electron chi connectivity index (χ4n) is 2.48. The maximum atomic E-state index is 12.2. The van der Waals surface area contributed by atoms with Gasteiger partial charge in [0.25, 0.3) is 0 Å². The number of aromatic amines is 1. The van der Waals surface area contributed by atoms with Gasteiger partial charge in [-0.1, -0.05) is 42.0 Å². The molecule has 0 fully saturated rings. The number of aryl methyl sites for hydroxylation is 1. The Bertz CT molecular complexity index is 856. The molecule has 0 radical (unpaired) electrons. The van der Waals surface area contributed by atoms with Crippen molar-refractivity contribution in [2.45, 2.75) is 19.8 Å². The number of hydrogen-bond donors (Lipinski definition) is 2. The van der Waals surface area contributed by atoms with Crippen molar-refractivity contribution in [2.24, 2.45) is 0 Å². The summed E-state index contributed by atoms with van der Waals surface area (Å²) in [5.41, 5.74) is 2.99. The van der Waals surface area contributed by atoms with E-state index in [2.05, 4.69) is 51.7 Å². The van der Waals surface area contributed by atoms with Gasteiger partial charge in [-0.2, -0.15) is 5.10 Å². The predicted octanol–water partition coefficient (Wildman–Crippen LogP) is 2.89. The first-order chi connectivity index (χ1) is 12.1. The highest BCUT2D eigenvalue weighted by Crippen LogP contribution is 2.23. The minimum Gasteiger partial charge on any atom is -0.495 e. The lowest BCUT2D eigenvalue weighted by Crippen LogP contribution is -2.15. The molecule has 128 valence electrons. The maximum Gasteiger partial charge on any atom is 0.232 e. The zero-order valence-corrected chi connectivity index (χ0v) is 14.2. The molecule has 6 heteroatoms. The van der Waals surface area contributed by atoms with E-state index in [4.69, 9.17) is 4.74 Å². The van der Waals surface area contributed by atoms with Gasteiger partial charge in [0.1, 0.15) is 11.6 Å². The number of amides is 1. The van der Waals surface area contributed by atoms with E-state index in [9.17, 15) is 4.79 Å². The summed E-state index contributed by atoms with van der Waals surface area (Å²) in [6.07, 6.45) is 0.754. The molecule has 1 amide bonds. The molecule has 25 heavy (non-hydrogen) atoms. The van der Waals surface area contributed by atoms with Crippen LogP contribution in [-0.2, 0) is 17.6 Å². The second-order valence-electron chi connectivity index (χ2n) is 5.79. The first-order valence-corrected chi connectivity index (χ1v) is 8.02. The van der Waals surface area contributed by atoms with Crippen LogP contribution < -0.4 is 10.1 Å². The van der Waals surface area contributed by atoms with E-state index >= 15 is 0 Å². The minimum atomic E-state index is -0.189. The number of carbonyl (C=O) groups excluding carboxylic acids is 1. The standard InChI is InChI=1S/C19H20N4O2/c1-13-7-9-14(10-8-13)11-17-21-18(23-22-17)12-19(24)20-15-5-3-4-6-16(15)25-2/h3-10H,11-12H2,1-2H3,(H,20,24)(H,21,22,23). The molecule has 2 N–H and O–H groups in total. The predicted molar refractivity (Wildman–Crippen MR) is 95.7 cm³/mol. The van der Waals surface area contributed by atoms with Gasteiger partial charge in [0.2, 0.25) is 5.91 Å². The first-order valence-electron chi connectivity index (χ1n) is 8.02. The number of nitrogens with zero attached hydrogens (tertiary/aromatic N) is 2. The fraction of sp³-hybridized carbons (Fsp3) is 0.211. The number of hydrogen-bond acceptors (Lipinski definition) is 4. The number of aromatic nitrogens is 3. The van der Waals surface area contributed by atoms with Crippen molar-refractivity contribution in [3.63, 3.8) is 0 Å². The van der Waals surface area contributed by atoms with Crippen LogP contribution in [0.25, 0.3) is 0 Å². The molecule has 0 aliphatic heterocycles. The van der Waals surface area contributed by atoms with E-state index in [0.717, 1.165) is 11.4 Å². The molecule has 0 atom stereocenters. The van der Waals surface area contributed by atoms with E-state index in [1.165, 1.54) is 5.56 Å². The van der Waals surface area contributed by atoms with Crippen molar-refractivity contribution in [2.75, 3.05) is 12.4 Å². The van der Waals surface area contributed by atoms with Gasteiger partial charge in [0, 0.05) is 6.42 Å². The molecule has 2 aromatic carbocycles. The Morgan fingerprint density at radius 2 is 1.92 bits per heavy atom. The Morgan fingerprint density at radius 3 is 2.68 bits per heavy atom. The summed E-state index contributed by atoms with van der Waals surface area (Å²) in [6, 6.07) is 15.5. The number of carbonyl (C=O) groups is 1. The second-order valence-corrected chi connectivity index (χ2v) is 5.79. The topological polar surface area (TPSA) is 79.9 Å². The minimum absolute atomic E-state index is 0.0996. The number of anilines is 1. The number of ether oxygens (including phenoxy) is 1. The summed E-state index contributed by atoms with van der Waals surface area (Å²) in [7, 11) is 1.57. The third-order valence-electron chi connectivity index (χ3n) is 3.77. The number of H-pyrrole nitrogens is 1. The van der Waals surface area contributed by atoms with E-state index in [0.29, 0.717) is 23.7 Å². The Hall–Kier alpha value is -3.15. The van der Waals surface area contributed by atoms with Crippen LogP contribution in [0.4, 0.5) is 5.69 Å². The molecule has 0 saturated carbocycles. The molecular formula is C19H20N4O2. The Labute approximate surface area is 146 Å². The highest BCUT2D eigenvalue weighted by atomic mass is 16.5. The zero-order valence-electron chi connectivity index (χ0n) is 14.2. The van der Waals surface area contributed by atoms with Gasteiger partial charge in [-0.05, 0) is 24.6 Å². The van der Waals surface area contributed by atoms with Gasteiger partial charge in [-0.25, -0.2) is 4.98 Å². The van der Waals surface area contributed by atoms with Crippen molar-refractivity contribution < 1.29 is 9.53 Å². The van der Waals surface area contributed by atoms with Crippen LogP contribution in [0.3, 0.4) is 0 Å². The average molecular weight is 336 g/mol. The average Bonchev–Trinajstić information content (AvgIpc) is 3.04. The zero-order chi connectivity index (χ0) is 17.6. The summed E-state index contributed by atoms with van der Waals surface area (Å²) in [4.78, 5) is 16.6. The summed E-state index contributed by atoms with van der Waals surface area (Å²) in [5.74, 6) is 1.63. The number of benzene rings is 2. The maximum absolute atomic E-state index is 12.2. The first kappa shape index (κ1) is 16.7. The molecule has 0 aliphatic carbocycles. The summed E-state index contributed by atoms with van der Waals surface area (Å²) < 4.78 is 5.22. The van der Waals surface area contributed by atoms with Crippen molar-refractivity contribution in [1.82, 2.24) is 15.2 Å².